The Morgan fingerprint density at radius 3 is 0.733 bits per heavy atom. The van der Waals surface area contributed by atoms with Crippen molar-refractivity contribution in [2.24, 2.45) is 0 Å². The zero-order valence-corrected chi connectivity index (χ0v) is 63.9. The van der Waals surface area contributed by atoms with Gasteiger partial charge in [-0.2, -0.15) is 0 Å². The molecule has 2 fully saturated rings. The number of likely N-dealkylation sites (N-methyl/N-ethyl adjacent to an activating group) is 1. The SMILES string of the molecule is CC(=O)c1ccc2c(c1)c1cc(C(C)=O)ccc1n2CCC1CCCN1C.CC(=O)c1ccc2c(c1)c1cc(C(C)=O)ccc1n2CCC1CCCN1C.CC(=O)c1ccc2c(c1)c1cc(C(C)=O)ccc1n2CCCN(C)C.CCN(CC)CCn1c2ccc(C(C)=O)cc2c2cc(C(C)=O)ccc21. The van der Waals surface area contributed by atoms with E-state index in [0.717, 1.165) is 159 Å². The van der Waals surface area contributed by atoms with Gasteiger partial charge in [0.2, 0.25) is 0 Å². The molecule has 2 unspecified atom stereocenters. The smallest absolute Gasteiger partial charge is 0.159 e. The van der Waals surface area contributed by atoms with Crippen molar-refractivity contribution in [1.29, 1.82) is 0 Å². The molecule has 0 saturated carbocycles. The summed E-state index contributed by atoms with van der Waals surface area (Å²) in [7, 11) is 8.57. The fraction of sp³-hybridized carbons (Fsp3) is 0.371. The van der Waals surface area contributed by atoms with Gasteiger partial charge in [0.25, 0.3) is 0 Å². The first-order valence-electron chi connectivity index (χ1n) is 37.3. The third kappa shape index (κ3) is 16.7. The minimum atomic E-state index is 0.0538. The summed E-state index contributed by atoms with van der Waals surface area (Å²) in [6.07, 6.45) is 8.33. The molecule has 14 rings (SSSR count). The maximum Gasteiger partial charge on any atom is 0.159 e. The normalized spacial score (nSPS) is 14.8. The largest absolute Gasteiger partial charge is 0.340 e. The average Bonchev–Trinajstić information content (AvgIpc) is 1.63. The molecule has 0 aliphatic carbocycles. The Morgan fingerprint density at radius 1 is 0.324 bits per heavy atom. The van der Waals surface area contributed by atoms with Crippen LogP contribution < -0.4 is 0 Å². The number of ketones is 8. The highest BCUT2D eigenvalue weighted by Gasteiger charge is 2.25. The van der Waals surface area contributed by atoms with Gasteiger partial charge >= 0.3 is 0 Å². The second-order valence-corrected chi connectivity index (χ2v) is 29.2. The van der Waals surface area contributed by atoms with Gasteiger partial charge in [0, 0.05) is 177 Å². The standard InChI is InChI=1S/2C23H26N2O2.C22H26N2O2.C21H24N2O2/c2*1-15(26)17-6-8-22-20(13-17)21-14-18(16(2)27)7-9-23(21)25(22)12-10-19-5-4-11-24(19)3;1-5-23(6-2)11-12-24-21-9-7-17(15(3)25)13-19(21)20-14-18(16(4)26)8-10-22(20)24;1-14(24)16-6-8-20-18(12-16)19-13-17(15(2)25)7-9-21(19)23(20)11-5-10-22(3)4/h2*6-9,13-14,19H,4-5,10-12H2,1-3H3;7-10,13-14H,5-6,11-12H2,1-4H3;6-9,12-13H,5,10-11H2,1-4H3. The van der Waals surface area contributed by atoms with Crippen LogP contribution in [0.2, 0.25) is 0 Å². The molecule has 2 saturated heterocycles. The van der Waals surface area contributed by atoms with Gasteiger partial charge in [0.1, 0.15) is 0 Å². The first kappa shape index (κ1) is 76.3. The third-order valence-corrected chi connectivity index (χ3v) is 21.9. The summed E-state index contributed by atoms with van der Waals surface area (Å²) in [6.45, 7) is 27.1. The second kappa shape index (κ2) is 33.1. The number of rotatable bonds is 23. The molecule has 8 aromatic carbocycles. The van der Waals surface area contributed by atoms with E-state index >= 15 is 0 Å². The maximum atomic E-state index is 11.9. The molecule has 4 aromatic heterocycles. The molecule has 16 heteroatoms. The highest BCUT2D eigenvalue weighted by molar-refractivity contribution is 6.17. The van der Waals surface area contributed by atoms with Gasteiger partial charge < -0.3 is 37.9 Å². The number of hydrogen-bond acceptors (Lipinski definition) is 12. The van der Waals surface area contributed by atoms with Crippen molar-refractivity contribution < 1.29 is 38.4 Å². The predicted molar refractivity (Wildman–Crippen MR) is 429 cm³/mol. The molecular weight excluding hydrogens is 1310 g/mol. The molecule has 0 bridgehead atoms. The summed E-state index contributed by atoms with van der Waals surface area (Å²) in [5.74, 6) is 0.469. The second-order valence-electron chi connectivity index (χ2n) is 29.2. The summed E-state index contributed by atoms with van der Waals surface area (Å²) >= 11 is 0. The number of carbonyl (C=O) groups is 8. The van der Waals surface area contributed by atoms with E-state index in [1.54, 1.807) is 55.4 Å². The summed E-state index contributed by atoms with van der Waals surface area (Å²) in [5, 5.41) is 8.37. The van der Waals surface area contributed by atoms with E-state index in [1.165, 1.54) is 38.8 Å². The Hall–Kier alpha value is -9.84. The zero-order chi connectivity index (χ0) is 75.2. The molecule has 12 aromatic rings. The van der Waals surface area contributed by atoms with Gasteiger partial charge in [-0.25, -0.2) is 0 Å². The number of aromatic nitrogens is 4. The van der Waals surface area contributed by atoms with Crippen LogP contribution in [0.1, 0.15) is 197 Å². The molecule has 2 aliphatic heterocycles. The van der Waals surface area contributed by atoms with Crippen LogP contribution in [-0.2, 0) is 26.2 Å². The first-order valence-corrected chi connectivity index (χ1v) is 37.3. The summed E-state index contributed by atoms with van der Waals surface area (Å²) < 4.78 is 9.30. The van der Waals surface area contributed by atoms with E-state index in [2.05, 4.69) is 104 Å². The van der Waals surface area contributed by atoms with Gasteiger partial charge in [0.05, 0.1) is 0 Å². The molecule has 0 spiro atoms. The number of Topliss-reactive ketones (excluding diaryl/α,β-unsaturated/α-hetero) is 8. The fourth-order valence-electron chi connectivity index (χ4n) is 15.7. The molecule has 0 radical (unpaired) electrons. The van der Waals surface area contributed by atoms with E-state index < -0.39 is 0 Å². The van der Waals surface area contributed by atoms with E-state index in [4.69, 9.17) is 0 Å². The Morgan fingerprint density at radius 2 is 0.543 bits per heavy atom. The Balaban J connectivity index is 0.000000140. The van der Waals surface area contributed by atoms with Gasteiger partial charge in [-0.1, -0.05) is 13.8 Å². The van der Waals surface area contributed by atoms with Crippen molar-refractivity contribution in [3.63, 3.8) is 0 Å². The van der Waals surface area contributed by atoms with Crippen LogP contribution in [0.25, 0.3) is 87.2 Å². The number of benzene rings is 8. The lowest BCUT2D eigenvalue weighted by molar-refractivity contribution is 0.100. The van der Waals surface area contributed by atoms with Crippen LogP contribution in [0.4, 0.5) is 0 Å². The number of aryl methyl sites for hydroxylation is 3. The van der Waals surface area contributed by atoms with Crippen LogP contribution in [-0.4, -0.2) is 164 Å². The number of likely N-dealkylation sites (tertiary alicyclic amines) is 2. The van der Waals surface area contributed by atoms with Crippen LogP contribution >= 0.6 is 0 Å². The number of nitrogens with zero attached hydrogens (tertiary/aromatic N) is 8. The topological polar surface area (TPSA) is 169 Å². The van der Waals surface area contributed by atoms with E-state index in [9.17, 15) is 38.4 Å². The molecule has 16 nitrogen and oxygen atoms in total. The third-order valence-electron chi connectivity index (χ3n) is 21.9. The highest BCUT2D eigenvalue weighted by atomic mass is 16.1. The summed E-state index contributed by atoms with van der Waals surface area (Å²) in [6, 6.07) is 48.5. The molecule has 0 N–H and O–H groups in total. The van der Waals surface area contributed by atoms with Crippen LogP contribution in [0.3, 0.4) is 0 Å². The molecule has 2 aliphatic rings. The lowest BCUT2D eigenvalue weighted by Crippen LogP contribution is -2.26. The van der Waals surface area contributed by atoms with Crippen LogP contribution in [0, 0.1) is 0 Å². The molecular formula is C89H102N8O8. The van der Waals surface area contributed by atoms with E-state index in [0.29, 0.717) is 56.6 Å². The number of hydrogen-bond donors (Lipinski definition) is 0. The Kier molecular flexibility index (Phi) is 24.0. The molecule has 2 atom stereocenters. The molecule has 546 valence electrons. The molecule has 6 heterocycles. The lowest BCUT2D eigenvalue weighted by Gasteiger charge is -2.20. The van der Waals surface area contributed by atoms with Crippen molar-refractivity contribution in [3.8, 4) is 0 Å². The highest BCUT2D eigenvalue weighted by Crippen LogP contribution is 2.37. The maximum absolute atomic E-state index is 11.9. The minimum absolute atomic E-state index is 0.0538. The Labute approximate surface area is 616 Å². The van der Waals surface area contributed by atoms with Gasteiger partial charge in [-0.05, 0) is 307 Å². The van der Waals surface area contributed by atoms with Gasteiger partial charge in [-0.3, -0.25) is 38.4 Å². The minimum Gasteiger partial charge on any atom is -0.340 e. The van der Waals surface area contributed by atoms with Crippen molar-refractivity contribution in [3.05, 3.63) is 190 Å². The van der Waals surface area contributed by atoms with Crippen molar-refractivity contribution in [2.75, 3.05) is 67.5 Å². The average molecular weight is 1410 g/mol. The number of carbonyl (C=O) groups excluding carboxylic acids is 8. The van der Waals surface area contributed by atoms with Crippen molar-refractivity contribution in [2.45, 2.75) is 152 Å². The van der Waals surface area contributed by atoms with Crippen molar-refractivity contribution in [1.82, 2.24) is 37.9 Å². The van der Waals surface area contributed by atoms with Gasteiger partial charge in [-0.15, -0.1) is 0 Å². The monoisotopic (exact) mass is 1410 g/mol. The summed E-state index contributed by atoms with van der Waals surface area (Å²) in [4.78, 5) is 104. The van der Waals surface area contributed by atoms with E-state index in [1.807, 2.05) is 121 Å². The molecule has 105 heavy (non-hydrogen) atoms. The first-order chi connectivity index (χ1) is 50.2. The van der Waals surface area contributed by atoms with Crippen LogP contribution in [0.5, 0.6) is 0 Å². The summed E-state index contributed by atoms with van der Waals surface area (Å²) in [5.41, 5.74) is 14.6. The quantitative estimate of drug-likeness (QED) is 0.0556. The van der Waals surface area contributed by atoms with Crippen LogP contribution in [0.15, 0.2) is 146 Å². The van der Waals surface area contributed by atoms with Crippen molar-refractivity contribution >= 4 is 133 Å². The predicted octanol–water partition coefficient (Wildman–Crippen LogP) is 18.1. The lowest BCUT2D eigenvalue weighted by atomic mass is 10.0. The number of fused-ring (bicyclic) bond motifs is 12. The molecule has 0 amide bonds. The Bertz CT molecular complexity index is 4910. The fourth-order valence-corrected chi connectivity index (χ4v) is 15.7. The zero-order valence-electron chi connectivity index (χ0n) is 63.9. The van der Waals surface area contributed by atoms with E-state index in [-0.39, 0.29) is 46.3 Å². The van der Waals surface area contributed by atoms with Gasteiger partial charge in [0.15, 0.2) is 46.3 Å².